The van der Waals surface area contributed by atoms with Gasteiger partial charge in [-0.1, -0.05) is 12.1 Å². The molecule has 7 nitrogen and oxygen atoms in total. The minimum Gasteiger partial charge on any atom is -0.460 e. The maximum atomic E-state index is 13.2. The van der Waals surface area contributed by atoms with Gasteiger partial charge in [-0.15, -0.1) is 0 Å². The zero-order valence-electron chi connectivity index (χ0n) is 16.1. The molecule has 8 heteroatoms. The number of aliphatic hydroxyl groups excluding tert-OH is 1. The normalized spacial score (nSPS) is 18.3. The van der Waals surface area contributed by atoms with Gasteiger partial charge in [0.05, 0.1) is 17.7 Å². The van der Waals surface area contributed by atoms with Crippen LogP contribution in [0.5, 0.6) is 5.75 Å². The average Bonchev–Trinajstić information content (AvgIpc) is 3.46. The van der Waals surface area contributed by atoms with E-state index in [1.807, 2.05) is 0 Å². The number of hydrogen-bond acceptors (Lipinski definition) is 6. The Morgan fingerprint density at radius 1 is 1.24 bits per heavy atom. The largest absolute Gasteiger partial charge is 0.460 e. The van der Waals surface area contributed by atoms with Crippen LogP contribution < -0.4 is 10.1 Å². The molecule has 0 bridgehead atoms. The van der Waals surface area contributed by atoms with Crippen LogP contribution in [-0.4, -0.2) is 34.2 Å². The van der Waals surface area contributed by atoms with Crippen molar-refractivity contribution in [1.29, 1.82) is 0 Å². The quantitative estimate of drug-likeness (QED) is 0.749. The fourth-order valence-electron chi connectivity index (χ4n) is 3.44. The van der Waals surface area contributed by atoms with Crippen LogP contribution in [0.15, 0.2) is 30.5 Å². The second-order valence-corrected chi connectivity index (χ2v) is 7.74. The molecule has 2 aliphatic rings. The first-order chi connectivity index (χ1) is 13.7. The third-order valence-corrected chi connectivity index (χ3v) is 5.20. The van der Waals surface area contributed by atoms with E-state index in [4.69, 9.17) is 9.47 Å². The van der Waals surface area contributed by atoms with Crippen molar-refractivity contribution in [2.24, 2.45) is 0 Å². The molecular formula is C21H21FN2O5. The number of rotatable bonds is 5. The highest BCUT2D eigenvalue weighted by Gasteiger charge is 2.46. The van der Waals surface area contributed by atoms with Crippen molar-refractivity contribution < 1.29 is 28.6 Å². The number of fused-ring (bicyclic) bond motifs is 1. The first-order valence-electron chi connectivity index (χ1n) is 9.32. The zero-order chi connectivity index (χ0) is 20.8. The summed E-state index contributed by atoms with van der Waals surface area (Å²) in [4.78, 5) is 29.2. The Bertz CT molecular complexity index is 983. The van der Waals surface area contributed by atoms with E-state index in [0.717, 1.165) is 18.4 Å². The first-order valence-corrected chi connectivity index (χ1v) is 9.32. The minimum absolute atomic E-state index is 0.0323. The van der Waals surface area contributed by atoms with E-state index < -0.39 is 23.7 Å². The van der Waals surface area contributed by atoms with E-state index >= 15 is 0 Å². The number of aliphatic hydroxyl groups is 1. The van der Waals surface area contributed by atoms with Crippen molar-refractivity contribution in [3.05, 3.63) is 58.7 Å². The Labute approximate surface area is 166 Å². The number of Topliss-reactive ketones (excluding diaryl/α,β-unsaturated/α-hetero) is 1. The van der Waals surface area contributed by atoms with Crippen LogP contribution in [0.4, 0.5) is 4.39 Å². The number of amides is 1. The third kappa shape index (κ3) is 3.61. The van der Waals surface area contributed by atoms with Gasteiger partial charge in [-0.3, -0.25) is 9.59 Å². The number of nitrogens with one attached hydrogen (secondary N) is 1. The van der Waals surface area contributed by atoms with Gasteiger partial charge in [0.15, 0.2) is 11.4 Å². The minimum atomic E-state index is -1.000. The van der Waals surface area contributed by atoms with Gasteiger partial charge in [0.25, 0.3) is 5.91 Å². The number of pyridine rings is 1. The fourth-order valence-corrected chi connectivity index (χ4v) is 3.44. The first kappa shape index (κ1) is 19.5. The van der Waals surface area contributed by atoms with E-state index in [2.05, 4.69) is 10.3 Å². The highest BCUT2D eigenvalue weighted by molar-refractivity contribution is 6.01. The number of nitrogens with zero attached hydrogens (tertiary/aromatic N) is 1. The van der Waals surface area contributed by atoms with Crippen molar-refractivity contribution >= 4 is 11.7 Å². The molecule has 1 aliphatic carbocycles. The maximum absolute atomic E-state index is 13.2. The van der Waals surface area contributed by atoms with E-state index in [1.165, 1.54) is 18.3 Å². The van der Waals surface area contributed by atoms with Crippen molar-refractivity contribution in [3.63, 3.8) is 0 Å². The lowest BCUT2D eigenvalue weighted by Crippen LogP contribution is -2.39. The standard InChI is InChI=1S/C21H21FN2O5/c1-20(2)28-11-15-14(9-23-17(16(26)10-25)18(15)29-20)19(27)24-21(7-8-21)12-3-5-13(22)6-4-12/h3-6,9,25H,7-8,10-11H2,1-2H3,(H,24,27). The van der Waals surface area contributed by atoms with Crippen molar-refractivity contribution in [3.8, 4) is 5.75 Å². The molecule has 0 spiro atoms. The molecule has 0 atom stereocenters. The van der Waals surface area contributed by atoms with Gasteiger partial charge < -0.3 is 19.9 Å². The lowest BCUT2D eigenvalue weighted by Gasteiger charge is -2.34. The molecule has 0 radical (unpaired) electrons. The average molecular weight is 400 g/mol. The summed E-state index contributed by atoms with van der Waals surface area (Å²) >= 11 is 0. The molecule has 0 saturated heterocycles. The Morgan fingerprint density at radius 2 is 1.93 bits per heavy atom. The molecule has 1 saturated carbocycles. The van der Waals surface area contributed by atoms with Crippen LogP contribution in [0.2, 0.25) is 0 Å². The number of halogens is 1. The predicted molar refractivity (Wildman–Crippen MR) is 99.9 cm³/mol. The summed E-state index contributed by atoms with van der Waals surface area (Å²) in [6, 6.07) is 6.05. The molecule has 1 aromatic carbocycles. The van der Waals surface area contributed by atoms with E-state index in [0.29, 0.717) is 5.56 Å². The highest BCUT2D eigenvalue weighted by Crippen LogP contribution is 2.46. The molecule has 2 heterocycles. The number of hydrogen-bond donors (Lipinski definition) is 2. The second kappa shape index (κ2) is 6.89. The number of aromatic nitrogens is 1. The zero-order valence-corrected chi connectivity index (χ0v) is 16.1. The van der Waals surface area contributed by atoms with Gasteiger partial charge in [-0.25, -0.2) is 9.37 Å². The van der Waals surface area contributed by atoms with Gasteiger partial charge in [-0.2, -0.15) is 0 Å². The molecule has 29 heavy (non-hydrogen) atoms. The monoisotopic (exact) mass is 400 g/mol. The van der Waals surface area contributed by atoms with Crippen molar-refractivity contribution in [2.45, 2.75) is 44.6 Å². The number of carbonyl (C=O) groups is 2. The third-order valence-electron chi connectivity index (χ3n) is 5.20. The Kier molecular flexibility index (Phi) is 4.63. The van der Waals surface area contributed by atoms with Crippen LogP contribution in [0.1, 0.15) is 58.7 Å². The highest BCUT2D eigenvalue weighted by atomic mass is 19.1. The smallest absolute Gasteiger partial charge is 0.254 e. The fraction of sp³-hybridized carbons (Fsp3) is 0.381. The topological polar surface area (TPSA) is 97.8 Å². The van der Waals surface area contributed by atoms with Crippen LogP contribution in [0.25, 0.3) is 0 Å². The summed E-state index contributed by atoms with van der Waals surface area (Å²) in [5, 5.41) is 12.2. The van der Waals surface area contributed by atoms with Crippen LogP contribution >= 0.6 is 0 Å². The summed E-state index contributed by atoms with van der Waals surface area (Å²) in [6.45, 7) is 2.71. The molecule has 2 N–H and O–H groups in total. The van der Waals surface area contributed by atoms with Gasteiger partial charge in [0, 0.05) is 25.6 Å². The predicted octanol–water partition coefficient (Wildman–Crippen LogP) is 2.46. The second-order valence-electron chi connectivity index (χ2n) is 7.74. The summed E-state index contributed by atoms with van der Waals surface area (Å²) in [5.41, 5.74) is 0.888. The van der Waals surface area contributed by atoms with Crippen LogP contribution in [0, 0.1) is 5.82 Å². The van der Waals surface area contributed by atoms with E-state index in [-0.39, 0.29) is 35.3 Å². The molecule has 1 aliphatic heterocycles. The number of carbonyl (C=O) groups excluding carboxylic acids is 2. The summed E-state index contributed by atoms with van der Waals surface area (Å²) in [6.07, 6.45) is 2.77. The van der Waals surface area contributed by atoms with Gasteiger partial charge in [0.1, 0.15) is 12.4 Å². The summed E-state index contributed by atoms with van der Waals surface area (Å²) in [7, 11) is 0. The molecule has 4 rings (SSSR count). The van der Waals surface area contributed by atoms with Crippen molar-refractivity contribution in [1.82, 2.24) is 10.3 Å². The van der Waals surface area contributed by atoms with E-state index in [1.54, 1.807) is 26.0 Å². The Hall–Kier alpha value is -2.84. The lowest BCUT2D eigenvalue weighted by atomic mass is 10.0. The SMILES string of the molecule is CC1(C)OCc2c(C(=O)NC3(c4ccc(F)cc4)CC3)cnc(C(=O)CO)c2O1. The molecule has 2 aromatic rings. The lowest BCUT2D eigenvalue weighted by molar-refractivity contribution is -0.180. The van der Waals surface area contributed by atoms with Crippen LogP contribution in [0.3, 0.4) is 0 Å². The van der Waals surface area contributed by atoms with Crippen LogP contribution in [-0.2, 0) is 16.9 Å². The molecule has 1 fully saturated rings. The number of ketones is 1. The summed E-state index contributed by atoms with van der Waals surface area (Å²) < 4.78 is 24.7. The molecule has 152 valence electrons. The van der Waals surface area contributed by atoms with Gasteiger partial charge in [-0.05, 0) is 30.5 Å². The maximum Gasteiger partial charge on any atom is 0.254 e. The van der Waals surface area contributed by atoms with Gasteiger partial charge >= 0.3 is 0 Å². The van der Waals surface area contributed by atoms with Crippen molar-refractivity contribution in [2.75, 3.05) is 6.61 Å². The summed E-state index contributed by atoms with van der Waals surface area (Å²) in [5.74, 6) is -2.17. The number of ether oxygens (including phenoxy) is 2. The Morgan fingerprint density at radius 3 is 2.55 bits per heavy atom. The number of benzene rings is 1. The molecule has 1 aromatic heterocycles. The Balaban J connectivity index is 1.67. The van der Waals surface area contributed by atoms with E-state index in [9.17, 15) is 19.1 Å². The molecule has 1 amide bonds. The molecule has 0 unspecified atom stereocenters. The van der Waals surface area contributed by atoms with Gasteiger partial charge in [0.2, 0.25) is 11.6 Å². The molecular weight excluding hydrogens is 379 g/mol.